The number of ether oxygens (including phenoxy) is 1. The predicted octanol–water partition coefficient (Wildman–Crippen LogP) is 3.30. The van der Waals surface area contributed by atoms with Crippen LogP contribution in [0.4, 0.5) is 0 Å². The lowest BCUT2D eigenvalue weighted by molar-refractivity contribution is 0.0697. The first-order valence-electron chi connectivity index (χ1n) is 6.70. The highest BCUT2D eigenvalue weighted by molar-refractivity contribution is 5.87. The van der Waals surface area contributed by atoms with Gasteiger partial charge in [-0.3, -0.25) is 0 Å². The van der Waals surface area contributed by atoms with Crippen LogP contribution in [0.5, 0.6) is 5.75 Å². The van der Waals surface area contributed by atoms with Gasteiger partial charge in [0.15, 0.2) is 0 Å². The smallest absolute Gasteiger partial charge is 0.335 e. The minimum atomic E-state index is -0.905. The molecule has 0 aromatic heterocycles. The van der Waals surface area contributed by atoms with Crippen molar-refractivity contribution in [1.82, 2.24) is 0 Å². The van der Waals surface area contributed by atoms with Crippen molar-refractivity contribution < 1.29 is 20.1 Å². The summed E-state index contributed by atoms with van der Waals surface area (Å²) < 4.78 is 5.55. The molecule has 0 fully saturated rings. The lowest BCUT2D eigenvalue weighted by Crippen LogP contribution is -1.99. The normalized spacial score (nSPS) is 9.74. The van der Waals surface area contributed by atoms with Crippen LogP contribution in [0.25, 0.3) is 0 Å². The Hall–Kier alpha value is -1.55. The molecule has 4 heteroatoms. The van der Waals surface area contributed by atoms with Gasteiger partial charge in [-0.25, -0.2) is 4.79 Å². The van der Waals surface area contributed by atoms with E-state index in [0.29, 0.717) is 12.2 Å². The highest BCUT2D eigenvalue weighted by Crippen LogP contribution is 2.13. The second-order valence-corrected chi connectivity index (χ2v) is 4.45. The Morgan fingerprint density at radius 3 is 2.21 bits per heavy atom. The largest absolute Gasteiger partial charge is 0.494 e. The Balaban J connectivity index is 0.00000324. The predicted molar refractivity (Wildman–Crippen MR) is 75.9 cm³/mol. The number of carboxylic acids is 1. The van der Waals surface area contributed by atoms with Gasteiger partial charge in [0.2, 0.25) is 0 Å². The van der Waals surface area contributed by atoms with Crippen LogP contribution in [0.3, 0.4) is 0 Å². The van der Waals surface area contributed by atoms with Crippen LogP contribution in [-0.2, 0) is 0 Å². The van der Waals surface area contributed by atoms with Crippen LogP contribution in [-0.4, -0.2) is 23.2 Å². The van der Waals surface area contributed by atoms with Crippen molar-refractivity contribution in [3.05, 3.63) is 29.8 Å². The number of benzene rings is 1. The maximum absolute atomic E-state index is 10.7. The molecule has 0 aliphatic carbocycles. The lowest BCUT2D eigenvalue weighted by Gasteiger charge is -2.06. The van der Waals surface area contributed by atoms with Crippen molar-refractivity contribution in [3.8, 4) is 5.75 Å². The molecule has 1 aromatic carbocycles. The fourth-order valence-electron chi connectivity index (χ4n) is 1.77. The summed E-state index contributed by atoms with van der Waals surface area (Å²) >= 11 is 0. The van der Waals surface area contributed by atoms with E-state index in [0.717, 1.165) is 12.2 Å². The van der Waals surface area contributed by atoms with E-state index in [1.54, 1.807) is 24.3 Å². The lowest BCUT2D eigenvalue weighted by atomic mass is 10.1. The van der Waals surface area contributed by atoms with Crippen molar-refractivity contribution in [3.63, 3.8) is 0 Å². The first-order chi connectivity index (χ1) is 8.74. The fourth-order valence-corrected chi connectivity index (χ4v) is 1.77. The molecule has 0 amide bonds. The molecular weight excluding hydrogens is 244 g/mol. The van der Waals surface area contributed by atoms with Crippen molar-refractivity contribution in [2.24, 2.45) is 0 Å². The van der Waals surface area contributed by atoms with Crippen LogP contribution >= 0.6 is 0 Å². The summed E-state index contributed by atoms with van der Waals surface area (Å²) in [6.45, 7) is 2.92. The van der Waals surface area contributed by atoms with E-state index in [-0.39, 0.29) is 5.48 Å². The van der Waals surface area contributed by atoms with Crippen molar-refractivity contribution in [2.75, 3.05) is 6.61 Å². The Labute approximate surface area is 114 Å². The third-order valence-corrected chi connectivity index (χ3v) is 2.87. The van der Waals surface area contributed by atoms with Crippen LogP contribution < -0.4 is 4.74 Å². The molecule has 0 aliphatic rings. The summed E-state index contributed by atoms with van der Waals surface area (Å²) in [5.41, 5.74) is 0.293. The summed E-state index contributed by atoms with van der Waals surface area (Å²) in [6, 6.07) is 6.55. The molecule has 108 valence electrons. The molecule has 0 saturated heterocycles. The molecule has 0 spiro atoms. The first kappa shape index (κ1) is 17.4. The molecule has 0 bridgehead atoms. The van der Waals surface area contributed by atoms with Crippen molar-refractivity contribution >= 4 is 5.97 Å². The fraction of sp³-hybridized carbons (Fsp3) is 0.533. The van der Waals surface area contributed by atoms with Crippen molar-refractivity contribution in [2.45, 2.75) is 45.4 Å². The average Bonchev–Trinajstić information content (AvgIpc) is 2.38. The zero-order valence-electron chi connectivity index (χ0n) is 11.5. The van der Waals surface area contributed by atoms with E-state index >= 15 is 0 Å². The van der Waals surface area contributed by atoms with E-state index in [2.05, 4.69) is 6.92 Å². The van der Waals surface area contributed by atoms with Gasteiger partial charge in [0.25, 0.3) is 0 Å². The van der Waals surface area contributed by atoms with Gasteiger partial charge >= 0.3 is 5.97 Å². The minimum Gasteiger partial charge on any atom is -0.494 e. The molecule has 0 unspecified atom stereocenters. The zero-order chi connectivity index (χ0) is 13.2. The van der Waals surface area contributed by atoms with Gasteiger partial charge in [-0.1, -0.05) is 39.0 Å². The molecule has 1 aromatic rings. The molecule has 1 rings (SSSR count). The van der Waals surface area contributed by atoms with Gasteiger partial charge in [0.05, 0.1) is 12.2 Å². The van der Waals surface area contributed by atoms with Crippen LogP contribution in [0.1, 0.15) is 55.8 Å². The zero-order valence-corrected chi connectivity index (χ0v) is 11.5. The van der Waals surface area contributed by atoms with Gasteiger partial charge in [-0.05, 0) is 30.7 Å². The third kappa shape index (κ3) is 7.47. The second-order valence-electron chi connectivity index (χ2n) is 4.45. The van der Waals surface area contributed by atoms with Gasteiger partial charge in [-0.2, -0.15) is 0 Å². The summed E-state index contributed by atoms with van der Waals surface area (Å²) in [5.74, 6) is -0.161. The quantitative estimate of drug-likeness (QED) is 0.698. The Kier molecular flexibility index (Phi) is 9.53. The van der Waals surface area contributed by atoms with Crippen LogP contribution in [0, 0.1) is 0 Å². The molecule has 0 saturated carbocycles. The van der Waals surface area contributed by atoms with E-state index in [9.17, 15) is 4.79 Å². The molecule has 0 aliphatic heterocycles. The number of rotatable bonds is 9. The number of unbranched alkanes of at least 4 members (excludes halogenated alkanes) is 5. The third-order valence-electron chi connectivity index (χ3n) is 2.87. The maximum Gasteiger partial charge on any atom is 0.335 e. The van der Waals surface area contributed by atoms with Gasteiger partial charge in [0.1, 0.15) is 5.75 Å². The summed E-state index contributed by atoms with van der Waals surface area (Å²) in [7, 11) is 0. The number of carbonyl (C=O) groups is 1. The molecule has 0 radical (unpaired) electrons. The Morgan fingerprint density at radius 1 is 1.05 bits per heavy atom. The van der Waals surface area contributed by atoms with Gasteiger partial charge in [0, 0.05) is 0 Å². The number of carboxylic acid groups (broad SMARTS) is 1. The summed E-state index contributed by atoms with van der Waals surface area (Å²) in [4.78, 5) is 10.7. The average molecular weight is 268 g/mol. The van der Waals surface area contributed by atoms with E-state index < -0.39 is 5.97 Å². The second kappa shape index (κ2) is 10.4. The number of hydrogen-bond donors (Lipinski definition) is 1. The first-order valence-corrected chi connectivity index (χ1v) is 6.70. The highest BCUT2D eigenvalue weighted by atomic mass is 16.5. The van der Waals surface area contributed by atoms with Gasteiger partial charge in [-0.15, -0.1) is 0 Å². The topological polar surface area (TPSA) is 78.0 Å². The van der Waals surface area contributed by atoms with Crippen LogP contribution in [0.15, 0.2) is 24.3 Å². The standard InChI is InChI=1S/C15H22O3.H2O/c1-2-3-4-5-6-7-12-18-14-10-8-13(9-11-14)15(16)17;/h8-11H,2-7,12H2,1H3,(H,16,17);1H2. The SMILES string of the molecule is CCCCCCCCOc1ccc(C(=O)O)cc1.O. The highest BCUT2D eigenvalue weighted by Gasteiger charge is 2.01. The summed E-state index contributed by atoms with van der Waals surface area (Å²) in [5, 5.41) is 8.75. The van der Waals surface area contributed by atoms with E-state index in [1.807, 2.05) is 0 Å². The molecular formula is C15H24O4. The molecule has 4 nitrogen and oxygen atoms in total. The Bertz CT molecular complexity index is 346. The molecule has 0 atom stereocenters. The molecule has 0 heterocycles. The van der Waals surface area contributed by atoms with Gasteiger partial charge < -0.3 is 15.3 Å². The summed E-state index contributed by atoms with van der Waals surface area (Å²) in [6.07, 6.45) is 7.43. The number of hydrogen-bond acceptors (Lipinski definition) is 2. The molecule has 19 heavy (non-hydrogen) atoms. The molecule has 3 N–H and O–H groups in total. The minimum absolute atomic E-state index is 0. The number of aromatic carboxylic acids is 1. The van der Waals surface area contributed by atoms with E-state index in [4.69, 9.17) is 9.84 Å². The Morgan fingerprint density at radius 2 is 1.63 bits per heavy atom. The monoisotopic (exact) mass is 268 g/mol. The van der Waals surface area contributed by atoms with E-state index in [1.165, 1.54) is 32.1 Å². The maximum atomic E-state index is 10.7. The van der Waals surface area contributed by atoms with Crippen molar-refractivity contribution in [1.29, 1.82) is 0 Å². The van der Waals surface area contributed by atoms with Crippen LogP contribution in [0.2, 0.25) is 0 Å².